The molecule has 2 N–H and O–H groups in total. The van der Waals surface area contributed by atoms with E-state index >= 15 is 0 Å². The fourth-order valence-corrected chi connectivity index (χ4v) is 7.14. The lowest BCUT2D eigenvalue weighted by atomic mass is 9.72. The number of alkyl halides is 3. The quantitative estimate of drug-likeness (QED) is 0.302. The molecule has 1 aliphatic carbocycles. The molecule has 0 saturated heterocycles. The van der Waals surface area contributed by atoms with E-state index in [-0.39, 0.29) is 28.4 Å². The molecule has 0 bridgehead atoms. The van der Waals surface area contributed by atoms with Crippen LogP contribution in [0.15, 0.2) is 28.7 Å². The number of carbonyl (C=O) groups excluding carboxylic acids is 1. The molecule has 0 unspecified atom stereocenters. The van der Waals surface area contributed by atoms with Crippen LogP contribution >= 0.6 is 38.9 Å². The molecule has 39 heavy (non-hydrogen) atoms. The number of hydrogen-bond donors (Lipinski definition) is 2. The second-order valence-electron chi connectivity index (χ2n) is 11.1. The van der Waals surface area contributed by atoms with Gasteiger partial charge in [-0.15, -0.1) is 11.3 Å². The maximum Gasteiger partial charge on any atom is 0.410 e. The van der Waals surface area contributed by atoms with Crippen molar-refractivity contribution < 1.29 is 18.0 Å². The Balaban J connectivity index is 1.46. The van der Waals surface area contributed by atoms with Crippen molar-refractivity contribution in [2.45, 2.75) is 64.7 Å². The Morgan fingerprint density at radius 1 is 1.28 bits per heavy atom. The fraction of sp³-hybridized carbons (Fsp3) is 0.444. The van der Waals surface area contributed by atoms with Gasteiger partial charge in [0.25, 0.3) is 5.91 Å². The zero-order valence-electron chi connectivity index (χ0n) is 21.4. The molecule has 6 nitrogen and oxygen atoms in total. The second-order valence-corrected chi connectivity index (χ2v) is 13.5. The van der Waals surface area contributed by atoms with E-state index < -0.39 is 24.2 Å². The van der Waals surface area contributed by atoms with Gasteiger partial charge in [0.2, 0.25) is 0 Å². The largest absolute Gasteiger partial charge is 0.410 e. The SMILES string of the molecule is CC(C)(C)[C@@H]1CCc2c(sc(NC(=O)c3nn4c(c3Cl)N[C@H](c3ccc(Br)cc3)C[C@@H]4C(F)(F)F)c2C#N)C1. The molecule has 1 amide bonds. The van der Waals surface area contributed by atoms with Gasteiger partial charge in [0, 0.05) is 15.8 Å². The third kappa shape index (κ3) is 5.31. The summed E-state index contributed by atoms with van der Waals surface area (Å²) in [7, 11) is 0. The van der Waals surface area contributed by atoms with Crippen LogP contribution < -0.4 is 10.6 Å². The summed E-state index contributed by atoms with van der Waals surface area (Å²) in [4.78, 5) is 14.4. The summed E-state index contributed by atoms with van der Waals surface area (Å²) in [6.07, 6.45) is -2.44. The molecule has 2 aromatic heterocycles. The summed E-state index contributed by atoms with van der Waals surface area (Å²) in [6.45, 7) is 6.57. The lowest BCUT2D eigenvalue weighted by molar-refractivity contribution is -0.173. The number of fused-ring (bicyclic) bond motifs is 2. The molecule has 0 fully saturated rings. The maximum atomic E-state index is 14.1. The Labute approximate surface area is 241 Å². The van der Waals surface area contributed by atoms with Gasteiger partial charge in [-0.1, -0.05) is 60.4 Å². The minimum Gasteiger partial charge on any atom is -0.362 e. The van der Waals surface area contributed by atoms with Crippen molar-refractivity contribution in [1.29, 1.82) is 5.26 Å². The van der Waals surface area contributed by atoms with Gasteiger partial charge in [-0.2, -0.15) is 23.5 Å². The number of rotatable bonds is 3. The molecule has 5 rings (SSSR count). The van der Waals surface area contributed by atoms with E-state index in [1.54, 1.807) is 24.3 Å². The maximum absolute atomic E-state index is 14.1. The zero-order chi connectivity index (χ0) is 28.3. The molecule has 1 aromatic carbocycles. The third-order valence-electron chi connectivity index (χ3n) is 7.61. The lowest BCUT2D eigenvalue weighted by Gasteiger charge is -2.33. The molecule has 0 saturated carbocycles. The standard InChI is InChI=1S/C27H26BrClF3N5OS/c1-26(2,3)14-6-9-16-17(12-33)25(39-19(16)10-14)35-24(38)22-21(29)23-34-18(13-4-7-15(28)8-5-13)11-20(27(30,31)32)37(23)36-22/h4-5,7-8,14,18,20,34H,6,9-11H2,1-3H3,(H,35,38)/t14-,18+,20-/m1/s1. The number of benzene rings is 1. The molecular formula is C27H26BrClF3N5OS. The van der Waals surface area contributed by atoms with Gasteiger partial charge in [-0.05, 0) is 53.9 Å². The Bertz CT molecular complexity index is 1470. The molecule has 2 aliphatic rings. The smallest absolute Gasteiger partial charge is 0.362 e. The molecule has 0 radical (unpaired) electrons. The van der Waals surface area contributed by atoms with Crippen molar-refractivity contribution in [3.05, 3.63) is 61.0 Å². The van der Waals surface area contributed by atoms with E-state index in [0.29, 0.717) is 22.0 Å². The van der Waals surface area contributed by atoms with E-state index in [2.05, 4.69) is 58.5 Å². The van der Waals surface area contributed by atoms with E-state index in [1.165, 1.54) is 11.3 Å². The minimum absolute atomic E-state index is 0.0673. The van der Waals surface area contributed by atoms with Gasteiger partial charge in [0.15, 0.2) is 11.7 Å². The summed E-state index contributed by atoms with van der Waals surface area (Å²) in [5.41, 5.74) is 1.77. The van der Waals surface area contributed by atoms with Crippen LogP contribution in [0.1, 0.15) is 77.8 Å². The number of aromatic nitrogens is 2. The highest BCUT2D eigenvalue weighted by molar-refractivity contribution is 9.10. The van der Waals surface area contributed by atoms with E-state index in [4.69, 9.17) is 11.6 Å². The molecule has 3 aromatic rings. The average molecular weight is 641 g/mol. The highest BCUT2D eigenvalue weighted by Crippen LogP contribution is 2.47. The first-order valence-electron chi connectivity index (χ1n) is 12.5. The van der Waals surface area contributed by atoms with Gasteiger partial charge in [-0.3, -0.25) is 4.79 Å². The summed E-state index contributed by atoms with van der Waals surface area (Å²) in [5, 5.41) is 19.8. The van der Waals surface area contributed by atoms with Crippen LogP contribution in [0.4, 0.5) is 24.0 Å². The molecule has 3 heterocycles. The summed E-state index contributed by atoms with van der Waals surface area (Å²) in [5.74, 6) is -0.383. The van der Waals surface area contributed by atoms with Crippen molar-refractivity contribution in [3.63, 3.8) is 0 Å². The lowest BCUT2D eigenvalue weighted by Crippen LogP contribution is -2.35. The minimum atomic E-state index is -4.61. The van der Waals surface area contributed by atoms with Crippen molar-refractivity contribution in [1.82, 2.24) is 9.78 Å². The van der Waals surface area contributed by atoms with E-state index in [1.807, 2.05) is 0 Å². The van der Waals surface area contributed by atoms with Crippen LogP contribution in [0.2, 0.25) is 5.02 Å². The number of anilines is 2. The predicted molar refractivity (Wildman–Crippen MR) is 149 cm³/mol. The number of nitriles is 1. The molecule has 3 atom stereocenters. The van der Waals surface area contributed by atoms with E-state index in [0.717, 1.165) is 38.9 Å². The van der Waals surface area contributed by atoms with E-state index in [9.17, 15) is 23.2 Å². The van der Waals surface area contributed by atoms with Gasteiger partial charge >= 0.3 is 6.18 Å². The molecule has 0 spiro atoms. The normalized spacial score (nSPS) is 20.9. The van der Waals surface area contributed by atoms with Gasteiger partial charge in [0.05, 0.1) is 11.6 Å². The second kappa shape index (κ2) is 10.1. The van der Waals surface area contributed by atoms with Gasteiger partial charge < -0.3 is 10.6 Å². The number of nitrogens with one attached hydrogen (secondary N) is 2. The Morgan fingerprint density at radius 2 is 1.97 bits per heavy atom. The average Bonchev–Trinajstić information content (AvgIpc) is 3.39. The van der Waals surface area contributed by atoms with Crippen LogP contribution in [-0.4, -0.2) is 21.9 Å². The number of carbonyl (C=O) groups is 1. The Kier molecular flexibility index (Phi) is 7.27. The Hall–Kier alpha value is -2.55. The summed E-state index contributed by atoms with van der Waals surface area (Å²) in [6, 6.07) is 6.51. The number of halogens is 5. The summed E-state index contributed by atoms with van der Waals surface area (Å²) < 4.78 is 44.0. The zero-order valence-corrected chi connectivity index (χ0v) is 24.6. The number of amides is 1. The molecule has 1 aliphatic heterocycles. The highest BCUT2D eigenvalue weighted by atomic mass is 79.9. The van der Waals surface area contributed by atoms with Crippen LogP contribution in [0, 0.1) is 22.7 Å². The fourth-order valence-electron chi connectivity index (χ4n) is 5.34. The molecular weight excluding hydrogens is 615 g/mol. The molecule has 206 valence electrons. The van der Waals surface area contributed by atoms with Crippen LogP contribution in [0.25, 0.3) is 0 Å². The van der Waals surface area contributed by atoms with Crippen molar-refractivity contribution in [2.24, 2.45) is 11.3 Å². The number of thiophene rings is 1. The first-order chi connectivity index (χ1) is 18.3. The highest BCUT2D eigenvalue weighted by Gasteiger charge is 2.48. The van der Waals surface area contributed by atoms with Gasteiger partial charge in [-0.25, -0.2) is 4.68 Å². The first kappa shape index (κ1) is 28.0. The monoisotopic (exact) mass is 639 g/mol. The number of hydrogen-bond acceptors (Lipinski definition) is 5. The third-order valence-corrected chi connectivity index (χ3v) is 9.67. The first-order valence-corrected chi connectivity index (χ1v) is 14.5. The van der Waals surface area contributed by atoms with Crippen LogP contribution in [0.5, 0.6) is 0 Å². The predicted octanol–water partition coefficient (Wildman–Crippen LogP) is 8.30. The topological polar surface area (TPSA) is 82.7 Å². The Morgan fingerprint density at radius 3 is 2.59 bits per heavy atom. The van der Waals surface area contributed by atoms with Crippen LogP contribution in [0.3, 0.4) is 0 Å². The van der Waals surface area contributed by atoms with Crippen molar-refractivity contribution in [2.75, 3.05) is 10.6 Å². The van der Waals surface area contributed by atoms with Crippen molar-refractivity contribution >= 4 is 55.6 Å². The van der Waals surface area contributed by atoms with Gasteiger partial charge in [0.1, 0.15) is 21.9 Å². The molecule has 12 heteroatoms. The van der Waals surface area contributed by atoms with Crippen LogP contribution in [-0.2, 0) is 12.8 Å². The summed E-state index contributed by atoms with van der Waals surface area (Å²) >= 11 is 11.2. The number of nitrogens with zero attached hydrogens (tertiary/aromatic N) is 3. The van der Waals surface area contributed by atoms with Crippen molar-refractivity contribution in [3.8, 4) is 6.07 Å².